The maximum absolute atomic E-state index is 12.5. The number of aromatic nitrogens is 2. The first kappa shape index (κ1) is 16.7. The van der Waals surface area contributed by atoms with Crippen LogP contribution in [-0.2, 0) is 24.1 Å². The molecule has 2 aliphatic rings. The smallest absolute Gasteiger partial charge is 0.223 e. The predicted molar refractivity (Wildman–Crippen MR) is 96.0 cm³/mol. The van der Waals surface area contributed by atoms with Crippen LogP contribution in [0.5, 0.6) is 5.75 Å². The van der Waals surface area contributed by atoms with E-state index in [1.54, 1.807) is 0 Å². The highest BCUT2D eigenvalue weighted by atomic mass is 35.5. The summed E-state index contributed by atoms with van der Waals surface area (Å²) < 4.78 is 0. The topological polar surface area (TPSA) is 78.0 Å². The standard InChI is InChI=1S/C18H19Cl2N3O2/c19-14-6-12(24)7-15(20)13(14)4-10-5-17(22-18(10)25)9-1-2-16-11(3-9)8-21-23-16/h6-10,17,24H,1-5H2,(H,21,23)(H,22,25)/t9?,10-,17+/m1/s1. The number of carbonyl (C=O) groups excluding carboxylic acids is 1. The zero-order valence-electron chi connectivity index (χ0n) is 13.6. The van der Waals surface area contributed by atoms with Gasteiger partial charge in [0, 0.05) is 28.2 Å². The summed E-state index contributed by atoms with van der Waals surface area (Å²) in [4.78, 5) is 12.5. The van der Waals surface area contributed by atoms with E-state index in [0.29, 0.717) is 22.4 Å². The number of benzene rings is 1. The number of hydrogen-bond acceptors (Lipinski definition) is 3. The van der Waals surface area contributed by atoms with Crippen LogP contribution in [0.25, 0.3) is 0 Å². The molecule has 3 N–H and O–H groups in total. The first-order valence-corrected chi connectivity index (χ1v) is 9.25. The van der Waals surface area contributed by atoms with Crippen molar-refractivity contribution in [3.05, 3.63) is 45.2 Å². The van der Waals surface area contributed by atoms with Gasteiger partial charge >= 0.3 is 0 Å². The molecule has 1 unspecified atom stereocenters. The highest BCUT2D eigenvalue weighted by Gasteiger charge is 2.38. The normalized spacial score (nSPS) is 25.7. The second-order valence-corrected chi connectivity index (χ2v) is 7.81. The van der Waals surface area contributed by atoms with Gasteiger partial charge in [0.15, 0.2) is 0 Å². The molecule has 4 rings (SSSR count). The monoisotopic (exact) mass is 379 g/mol. The Labute approximate surface area is 155 Å². The van der Waals surface area contributed by atoms with E-state index in [9.17, 15) is 9.90 Å². The molecule has 1 fully saturated rings. The molecule has 7 heteroatoms. The molecule has 1 aromatic heterocycles. The number of fused-ring (bicyclic) bond motifs is 1. The zero-order valence-corrected chi connectivity index (χ0v) is 15.1. The lowest BCUT2D eigenvalue weighted by molar-refractivity contribution is -0.122. The zero-order chi connectivity index (χ0) is 17.6. The van der Waals surface area contributed by atoms with E-state index in [4.69, 9.17) is 23.2 Å². The Kier molecular flexibility index (Phi) is 4.38. The van der Waals surface area contributed by atoms with Crippen molar-refractivity contribution in [1.29, 1.82) is 0 Å². The van der Waals surface area contributed by atoms with Gasteiger partial charge < -0.3 is 10.4 Å². The van der Waals surface area contributed by atoms with E-state index >= 15 is 0 Å². The van der Waals surface area contributed by atoms with Crippen LogP contribution in [0.15, 0.2) is 18.3 Å². The number of hydrogen-bond donors (Lipinski definition) is 3. The molecule has 1 aromatic carbocycles. The van der Waals surface area contributed by atoms with Gasteiger partial charge in [-0.25, -0.2) is 0 Å². The molecule has 0 saturated carbocycles. The molecule has 0 bridgehead atoms. The lowest BCUT2D eigenvalue weighted by atomic mass is 9.81. The largest absolute Gasteiger partial charge is 0.508 e. The molecule has 0 spiro atoms. The molecule has 0 radical (unpaired) electrons. The lowest BCUT2D eigenvalue weighted by Crippen LogP contribution is -2.35. The minimum atomic E-state index is -0.143. The van der Waals surface area contributed by atoms with Gasteiger partial charge in [0.05, 0.1) is 5.69 Å². The van der Waals surface area contributed by atoms with Gasteiger partial charge in [0.2, 0.25) is 5.91 Å². The Morgan fingerprint density at radius 3 is 2.80 bits per heavy atom. The molecule has 25 heavy (non-hydrogen) atoms. The van der Waals surface area contributed by atoms with Crippen molar-refractivity contribution in [3.8, 4) is 5.75 Å². The first-order chi connectivity index (χ1) is 12.0. The second-order valence-electron chi connectivity index (χ2n) is 7.00. The van der Waals surface area contributed by atoms with Crippen molar-refractivity contribution in [2.24, 2.45) is 11.8 Å². The fraction of sp³-hybridized carbons (Fsp3) is 0.444. The van der Waals surface area contributed by atoms with Crippen molar-refractivity contribution >= 4 is 29.1 Å². The van der Waals surface area contributed by atoms with Crippen molar-refractivity contribution in [1.82, 2.24) is 15.5 Å². The van der Waals surface area contributed by atoms with Gasteiger partial charge in [-0.05, 0) is 61.3 Å². The average molecular weight is 380 g/mol. The number of amides is 1. The van der Waals surface area contributed by atoms with Crippen molar-refractivity contribution in [2.45, 2.75) is 38.1 Å². The van der Waals surface area contributed by atoms with E-state index in [1.165, 1.54) is 17.7 Å². The first-order valence-electron chi connectivity index (χ1n) is 8.50. The molecule has 5 nitrogen and oxygen atoms in total. The van der Waals surface area contributed by atoms with Crippen LogP contribution >= 0.6 is 23.2 Å². The number of halogens is 2. The third-order valence-corrected chi connectivity index (χ3v) is 6.10. The third kappa shape index (κ3) is 3.23. The number of carbonyl (C=O) groups is 1. The number of aromatic amines is 1. The van der Waals surface area contributed by atoms with Crippen LogP contribution < -0.4 is 5.32 Å². The number of rotatable bonds is 3. The summed E-state index contributed by atoms with van der Waals surface area (Å²) in [6.45, 7) is 0. The summed E-state index contributed by atoms with van der Waals surface area (Å²) in [5.41, 5.74) is 3.14. The Bertz CT molecular complexity index is 797. The van der Waals surface area contributed by atoms with Crippen molar-refractivity contribution in [2.75, 3.05) is 0 Å². The van der Waals surface area contributed by atoms with E-state index in [-0.39, 0.29) is 23.6 Å². The summed E-state index contributed by atoms with van der Waals surface area (Å²) in [6.07, 6.45) is 6.18. The summed E-state index contributed by atoms with van der Waals surface area (Å²) in [5.74, 6) is 0.383. The molecule has 1 aliphatic carbocycles. The van der Waals surface area contributed by atoms with E-state index in [2.05, 4.69) is 15.5 Å². The molecule has 1 saturated heterocycles. The Balaban J connectivity index is 1.46. The average Bonchev–Trinajstić information content (AvgIpc) is 3.16. The molecular weight excluding hydrogens is 361 g/mol. The maximum atomic E-state index is 12.5. The van der Waals surface area contributed by atoms with Crippen LogP contribution in [-0.4, -0.2) is 27.3 Å². The van der Waals surface area contributed by atoms with E-state index in [1.807, 2.05) is 6.20 Å². The van der Waals surface area contributed by atoms with Crippen molar-refractivity contribution in [3.63, 3.8) is 0 Å². The quantitative estimate of drug-likeness (QED) is 0.765. The minimum Gasteiger partial charge on any atom is -0.508 e. The molecule has 2 aromatic rings. The molecule has 3 atom stereocenters. The summed E-state index contributed by atoms with van der Waals surface area (Å²) in [7, 11) is 0. The van der Waals surface area contributed by atoms with E-state index < -0.39 is 0 Å². The predicted octanol–water partition coefficient (Wildman–Crippen LogP) is 3.27. The van der Waals surface area contributed by atoms with E-state index in [0.717, 1.165) is 36.9 Å². The highest BCUT2D eigenvalue weighted by Crippen LogP contribution is 2.36. The number of aryl methyl sites for hydroxylation is 1. The third-order valence-electron chi connectivity index (χ3n) is 5.43. The van der Waals surface area contributed by atoms with Gasteiger partial charge in [0.25, 0.3) is 0 Å². The molecule has 1 amide bonds. The number of phenolic OH excluding ortho intramolecular Hbond substituents is 1. The number of H-pyrrole nitrogens is 1. The summed E-state index contributed by atoms with van der Waals surface area (Å²) in [6, 6.07) is 3.11. The minimum absolute atomic E-state index is 0.0330. The Hall–Kier alpha value is -1.72. The number of phenols is 1. The van der Waals surface area contributed by atoms with Crippen LogP contribution in [0.1, 0.15) is 29.7 Å². The van der Waals surface area contributed by atoms with Gasteiger partial charge in [-0.2, -0.15) is 5.10 Å². The fourth-order valence-corrected chi connectivity index (χ4v) is 4.71. The van der Waals surface area contributed by atoms with Crippen LogP contribution in [0.4, 0.5) is 0 Å². The molecule has 132 valence electrons. The number of nitrogens with one attached hydrogen (secondary N) is 2. The summed E-state index contributed by atoms with van der Waals surface area (Å²) >= 11 is 12.4. The van der Waals surface area contributed by atoms with Crippen LogP contribution in [0.2, 0.25) is 10.0 Å². The van der Waals surface area contributed by atoms with Crippen LogP contribution in [0, 0.1) is 11.8 Å². The Morgan fingerprint density at radius 2 is 2.04 bits per heavy atom. The Morgan fingerprint density at radius 1 is 1.28 bits per heavy atom. The lowest BCUT2D eigenvalue weighted by Gasteiger charge is -2.26. The summed E-state index contributed by atoms with van der Waals surface area (Å²) in [5, 5.41) is 20.7. The van der Waals surface area contributed by atoms with Crippen LogP contribution in [0.3, 0.4) is 0 Å². The molecular formula is C18H19Cl2N3O2. The van der Waals surface area contributed by atoms with Gasteiger partial charge in [-0.1, -0.05) is 23.2 Å². The second kappa shape index (κ2) is 6.54. The highest BCUT2D eigenvalue weighted by molar-refractivity contribution is 6.36. The number of nitrogens with zero attached hydrogens (tertiary/aromatic N) is 1. The maximum Gasteiger partial charge on any atom is 0.223 e. The van der Waals surface area contributed by atoms with Gasteiger partial charge in [-0.15, -0.1) is 0 Å². The SMILES string of the molecule is O=C1N[C@H](C2CCc3n[nH]cc3C2)C[C@H]1Cc1c(Cl)cc(O)cc1Cl. The van der Waals surface area contributed by atoms with Crippen molar-refractivity contribution < 1.29 is 9.90 Å². The van der Waals surface area contributed by atoms with Gasteiger partial charge in [0.1, 0.15) is 5.75 Å². The molecule has 2 heterocycles. The number of aromatic hydroxyl groups is 1. The van der Waals surface area contributed by atoms with Gasteiger partial charge in [-0.3, -0.25) is 9.89 Å². The fourth-order valence-electron chi connectivity index (χ4n) is 4.08. The molecule has 1 aliphatic heterocycles.